The van der Waals surface area contributed by atoms with Gasteiger partial charge in [-0.3, -0.25) is 0 Å². The van der Waals surface area contributed by atoms with Crippen LogP contribution in [0.3, 0.4) is 0 Å². The largest absolute Gasteiger partial charge is 0.394 e. The lowest BCUT2D eigenvalue weighted by molar-refractivity contribution is -0.0488. The minimum atomic E-state index is -0.674. The minimum Gasteiger partial charge on any atom is -0.394 e. The topological polar surface area (TPSA) is 58.9 Å². The molecule has 1 rings (SSSR count). The molecule has 0 saturated carbocycles. The van der Waals surface area contributed by atoms with Gasteiger partial charge >= 0.3 is 0 Å². The predicted octanol–water partition coefficient (Wildman–Crippen LogP) is 2.15. The van der Waals surface area contributed by atoms with Crippen LogP contribution in [0.5, 0.6) is 0 Å². The molecular formula is C17H28O4. The molecule has 1 aromatic carbocycles. The molecule has 0 aliphatic heterocycles. The van der Waals surface area contributed by atoms with Crippen LogP contribution < -0.4 is 0 Å². The first kappa shape index (κ1) is 18.1. The molecule has 3 atom stereocenters. The molecule has 0 heterocycles. The Labute approximate surface area is 127 Å². The number of hydrogen-bond donors (Lipinski definition) is 2. The summed E-state index contributed by atoms with van der Waals surface area (Å²) in [6.45, 7) is 4.71. The number of hydrogen-bond acceptors (Lipinski definition) is 4. The second kappa shape index (κ2) is 9.90. The van der Waals surface area contributed by atoms with E-state index in [1.165, 1.54) is 11.1 Å². The van der Waals surface area contributed by atoms with Crippen LogP contribution >= 0.6 is 0 Å². The van der Waals surface area contributed by atoms with Crippen molar-refractivity contribution < 1.29 is 19.7 Å². The molecule has 120 valence electrons. The van der Waals surface area contributed by atoms with Gasteiger partial charge in [0.1, 0.15) is 6.79 Å². The van der Waals surface area contributed by atoms with Gasteiger partial charge in [0.15, 0.2) is 0 Å². The highest BCUT2D eigenvalue weighted by molar-refractivity contribution is 5.22. The van der Waals surface area contributed by atoms with Crippen molar-refractivity contribution in [2.45, 2.75) is 32.8 Å². The predicted molar refractivity (Wildman–Crippen MR) is 83.1 cm³/mol. The molecular weight excluding hydrogens is 268 g/mol. The number of methoxy groups -OCH3 is 1. The number of ether oxygens (including phenoxy) is 2. The third-order valence-electron chi connectivity index (χ3n) is 3.71. The highest BCUT2D eigenvalue weighted by Crippen LogP contribution is 2.21. The lowest BCUT2D eigenvalue weighted by Gasteiger charge is -2.23. The van der Waals surface area contributed by atoms with E-state index >= 15 is 0 Å². The molecule has 0 bridgehead atoms. The van der Waals surface area contributed by atoms with Crippen LogP contribution in [0.1, 0.15) is 24.5 Å². The third kappa shape index (κ3) is 7.05. The van der Waals surface area contributed by atoms with Crippen LogP contribution in [-0.4, -0.2) is 43.4 Å². The van der Waals surface area contributed by atoms with Gasteiger partial charge < -0.3 is 19.7 Å². The van der Waals surface area contributed by atoms with E-state index in [4.69, 9.17) is 14.6 Å². The van der Waals surface area contributed by atoms with Crippen molar-refractivity contribution in [3.8, 4) is 0 Å². The highest BCUT2D eigenvalue weighted by Gasteiger charge is 2.19. The quantitative estimate of drug-likeness (QED) is 0.513. The van der Waals surface area contributed by atoms with Gasteiger partial charge in [0.05, 0.1) is 19.3 Å². The molecule has 4 nitrogen and oxygen atoms in total. The van der Waals surface area contributed by atoms with Crippen molar-refractivity contribution in [2.75, 3.05) is 27.1 Å². The Morgan fingerprint density at radius 3 is 2.67 bits per heavy atom. The van der Waals surface area contributed by atoms with Crippen molar-refractivity contribution in [2.24, 2.45) is 11.8 Å². The van der Waals surface area contributed by atoms with Gasteiger partial charge in [-0.25, -0.2) is 0 Å². The maximum Gasteiger partial charge on any atom is 0.146 e. The smallest absolute Gasteiger partial charge is 0.146 e. The number of benzene rings is 1. The number of aryl methyl sites for hydroxylation is 1. The Morgan fingerprint density at radius 1 is 1.29 bits per heavy atom. The van der Waals surface area contributed by atoms with Gasteiger partial charge in [0.25, 0.3) is 0 Å². The second-order valence-electron chi connectivity index (χ2n) is 5.80. The monoisotopic (exact) mass is 296 g/mol. The average molecular weight is 296 g/mol. The lowest BCUT2D eigenvalue weighted by atomic mass is 9.88. The fourth-order valence-corrected chi connectivity index (χ4v) is 2.54. The Hall–Kier alpha value is -0.940. The van der Waals surface area contributed by atoms with E-state index in [2.05, 4.69) is 31.2 Å². The van der Waals surface area contributed by atoms with Gasteiger partial charge in [-0.15, -0.1) is 0 Å². The van der Waals surface area contributed by atoms with E-state index in [1.807, 2.05) is 6.92 Å². The highest BCUT2D eigenvalue weighted by atomic mass is 16.7. The van der Waals surface area contributed by atoms with E-state index in [-0.39, 0.29) is 25.2 Å². The first-order valence-corrected chi connectivity index (χ1v) is 7.48. The van der Waals surface area contributed by atoms with Crippen molar-refractivity contribution in [3.05, 3.63) is 35.4 Å². The molecule has 21 heavy (non-hydrogen) atoms. The van der Waals surface area contributed by atoms with Crippen molar-refractivity contribution >= 4 is 0 Å². The summed E-state index contributed by atoms with van der Waals surface area (Å²) in [5, 5.41) is 18.8. The SMILES string of the molecule is COCOC[C@@H](Cc1cccc(C)c1)C[C@H](C)[C@H](O)CO. The Bertz CT molecular complexity index is 394. The first-order valence-electron chi connectivity index (χ1n) is 7.48. The molecule has 0 saturated heterocycles. The van der Waals surface area contributed by atoms with Gasteiger partial charge in [-0.1, -0.05) is 36.8 Å². The van der Waals surface area contributed by atoms with E-state index in [9.17, 15) is 5.11 Å². The normalized spacial score (nSPS) is 15.7. The summed E-state index contributed by atoms with van der Waals surface area (Å²) in [7, 11) is 1.60. The van der Waals surface area contributed by atoms with E-state index in [0.717, 1.165) is 12.8 Å². The van der Waals surface area contributed by atoms with Crippen LogP contribution in [0.4, 0.5) is 0 Å². The fourth-order valence-electron chi connectivity index (χ4n) is 2.54. The lowest BCUT2D eigenvalue weighted by Crippen LogP contribution is -2.26. The number of aliphatic hydroxyl groups is 2. The molecule has 0 radical (unpaired) electrons. The summed E-state index contributed by atoms with van der Waals surface area (Å²) in [5.41, 5.74) is 2.51. The maximum absolute atomic E-state index is 9.74. The van der Waals surface area contributed by atoms with Crippen LogP contribution in [0.2, 0.25) is 0 Å². The molecule has 0 spiro atoms. The fraction of sp³-hybridized carbons (Fsp3) is 0.647. The standard InChI is InChI=1S/C17H28O4/c1-13-5-4-6-15(7-13)9-16(11-21-12-20-3)8-14(2)17(19)10-18/h4-7,14,16-19H,8-12H2,1-3H3/t14-,16+,17+/m0/s1. The van der Waals surface area contributed by atoms with E-state index < -0.39 is 6.10 Å². The molecule has 1 aromatic rings. The third-order valence-corrected chi connectivity index (χ3v) is 3.71. The van der Waals surface area contributed by atoms with Gasteiger partial charge in [0.2, 0.25) is 0 Å². The average Bonchev–Trinajstić information content (AvgIpc) is 2.46. The Kier molecular flexibility index (Phi) is 8.54. The summed E-state index contributed by atoms with van der Waals surface area (Å²) >= 11 is 0. The minimum absolute atomic E-state index is 0.0379. The summed E-state index contributed by atoms with van der Waals surface area (Å²) in [4.78, 5) is 0. The van der Waals surface area contributed by atoms with Crippen LogP contribution in [-0.2, 0) is 15.9 Å². The molecule has 0 unspecified atom stereocenters. The molecule has 2 N–H and O–H groups in total. The molecule has 0 aliphatic rings. The Morgan fingerprint density at radius 2 is 2.05 bits per heavy atom. The number of aliphatic hydroxyl groups excluding tert-OH is 2. The molecule has 0 aromatic heterocycles. The second-order valence-corrected chi connectivity index (χ2v) is 5.80. The maximum atomic E-state index is 9.74. The van der Waals surface area contributed by atoms with Gasteiger partial charge in [-0.05, 0) is 37.2 Å². The van der Waals surface area contributed by atoms with E-state index in [0.29, 0.717) is 6.61 Å². The van der Waals surface area contributed by atoms with Gasteiger partial charge in [-0.2, -0.15) is 0 Å². The summed E-state index contributed by atoms with van der Waals surface area (Å²) < 4.78 is 10.4. The van der Waals surface area contributed by atoms with Crippen molar-refractivity contribution in [1.82, 2.24) is 0 Å². The molecule has 0 amide bonds. The first-order chi connectivity index (χ1) is 10.1. The zero-order chi connectivity index (χ0) is 15.7. The van der Waals surface area contributed by atoms with Crippen LogP contribution in [0.25, 0.3) is 0 Å². The number of rotatable bonds is 10. The van der Waals surface area contributed by atoms with E-state index in [1.54, 1.807) is 7.11 Å². The van der Waals surface area contributed by atoms with Crippen molar-refractivity contribution in [3.63, 3.8) is 0 Å². The van der Waals surface area contributed by atoms with Gasteiger partial charge in [0, 0.05) is 7.11 Å². The van der Waals surface area contributed by atoms with Crippen LogP contribution in [0.15, 0.2) is 24.3 Å². The molecule has 4 heteroatoms. The summed E-state index contributed by atoms with van der Waals surface area (Å²) in [6, 6.07) is 8.43. The van der Waals surface area contributed by atoms with Crippen molar-refractivity contribution in [1.29, 1.82) is 0 Å². The summed E-state index contributed by atoms with van der Waals surface area (Å²) in [5.74, 6) is 0.328. The molecule has 0 fully saturated rings. The summed E-state index contributed by atoms with van der Waals surface area (Å²) in [6.07, 6.45) is 1.03. The Balaban J connectivity index is 2.62. The zero-order valence-corrected chi connectivity index (χ0v) is 13.3. The van der Waals surface area contributed by atoms with Crippen LogP contribution in [0, 0.1) is 18.8 Å². The molecule has 0 aliphatic carbocycles. The zero-order valence-electron chi connectivity index (χ0n) is 13.3.